The van der Waals surface area contributed by atoms with E-state index < -0.39 is 0 Å². The van der Waals surface area contributed by atoms with E-state index in [1.54, 1.807) is 0 Å². The maximum atomic E-state index is 6.23. The van der Waals surface area contributed by atoms with Gasteiger partial charge < -0.3 is 5.32 Å². The second-order valence-electron chi connectivity index (χ2n) is 4.49. The van der Waals surface area contributed by atoms with Gasteiger partial charge in [0.1, 0.15) is 0 Å². The summed E-state index contributed by atoms with van der Waals surface area (Å²) in [6.45, 7) is 2.97. The number of hydrogen-bond acceptors (Lipinski definition) is 1. The molecule has 1 N–H and O–H groups in total. The average molecular weight is 339 g/mol. The summed E-state index contributed by atoms with van der Waals surface area (Å²) in [5, 5.41) is 4.36. The van der Waals surface area contributed by atoms with Gasteiger partial charge in [-0.2, -0.15) is 0 Å². The van der Waals surface area contributed by atoms with Gasteiger partial charge in [0, 0.05) is 22.1 Å². The Morgan fingerprint density at radius 1 is 1.16 bits per heavy atom. The van der Waals surface area contributed by atoms with Crippen molar-refractivity contribution < 1.29 is 0 Å². The van der Waals surface area contributed by atoms with Gasteiger partial charge in [-0.1, -0.05) is 70.9 Å². The third-order valence-corrected chi connectivity index (χ3v) is 4.01. The third-order valence-electron chi connectivity index (χ3n) is 3.16. The van der Waals surface area contributed by atoms with E-state index in [0.717, 1.165) is 28.0 Å². The van der Waals surface area contributed by atoms with E-state index in [9.17, 15) is 0 Å². The fraction of sp³-hybridized carbons (Fsp3) is 0.250. The molecular formula is C16H17BrClN. The summed E-state index contributed by atoms with van der Waals surface area (Å²) in [6, 6.07) is 16.9. The number of halogens is 2. The van der Waals surface area contributed by atoms with E-state index in [4.69, 9.17) is 11.6 Å². The molecule has 0 saturated heterocycles. The van der Waals surface area contributed by atoms with E-state index in [1.807, 2.05) is 18.2 Å². The summed E-state index contributed by atoms with van der Waals surface area (Å²) in [5.41, 5.74) is 2.44. The Kier molecular flexibility index (Phi) is 5.44. The first-order chi connectivity index (χ1) is 9.20. The van der Waals surface area contributed by atoms with Gasteiger partial charge in [-0.15, -0.1) is 0 Å². The molecule has 0 aliphatic carbocycles. The topological polar surface area (TPSA) is 12.0 Å². The lowest BCUT2D eigenvalue weighted by Gasteiger charge is -2.18. The molecule has 0 aliphatic heterocycles. The SMILES string of the molecule is CCC(NCc1ccc(Br)cc1Cl)c1ccccc1. The van der Waals surface area contributed by atoms with Gasteiger partial charge in [0.25, 0.3) is 0 Å². The molecule has 3 heteroatoms. The summed E-state index contributed by atoms with van der Waals surface area (Å²) < 4.78 is 1.01. The molecule has 0 fully saturated rings. The van der Waals surface area contributed by atoms with Crippen LogP contribution in [0.5, 0.6) is 0 Å². The zero-order valence-corrected chi connectivity index (χ0v) is 13.2. The van der Waals surface area contributed by atoms with Crippen molar-refractivity contribution in [3.8, 4) is 0 Å². The smallest absolute Gasteiger partial charge is 0.0462 e. The zero-order valence-electron chi connectivity index (χ0n) is 10.9. The molecular weight excluding hydrogens is 322 g/mol. The minimum atomic E-state index is 0.362. The van der Waals surface area contributed by atoms with Gasteiger partial charge in [-0.3, -0.25) is 0 Å². The normalized spacial score (nSPS) is 12.4. The van der Waals surface area contributed by atoms with Crippen molar-refractivity contribution in [3.63, 3.8) is 0 Å². The number of rotatable bonds is 5. The van der Waals surface area contributed by atoms with Crippen LogP contribution >= 0.6 is 27.5 Å². The van der Waals surface area contributed by atoms with Crippen molar-refractivity contribution in [2.24, 2.45) is 0 Å². The molecule has 1 unspecified atom stereocenters. The molecule has 0 aliphatic rings. The molecule has 1 atom stereocenters. The number of hydrogen-bond donors (Lipinski definition) is 1. The highest BCUT2D eigenvalue weighted by Gasteiger charge is 2.09. The van der Waals surface area contributed by atoms with E-state index in [-0.39, 0.29) is 0 Å². The van der Waals surface area contributed by atoms with Gasteiger partial charge in [0.15, 0.2) is 0 Å². The summed E-state index contributed by atoms with van der Waals surface area (Å²) >= 11 is 9.65. The van der Waals surface area contributed by atoms with Crippen molar-refractivity contribution >= 4 is 27.5 Å². The van der Waals surface area contributed by atoms with E-state index >= 15 is 0 Å². The van der Waals surface area contributed by atoms with Crippen LogP contribution in [-0.4, -0.2) is 0 Å². The first-order valence-corrected chi connectivity index (χ1v) is 7.60. The summed E-state index contributed by atoms with van der Waals surface area (Å²) in [4.78, 5) is 0. The Morgan fingerprint density at radius 3 is 2.53 bits per heavy atom. The predicted octanol–water partition coefficient (Wildman–Crippen LogP) is 5.34. The first-order valence-electron chi connectivity index (χ1n) is 6.43. The lowest BCUT2D eigenvalue weighted by molar-refractivity contribution is 0.519. The van der Waals surface area contributed by atoms with Crippen molar-refractivity contribution in [1.82, 2.24) is 5.32 Å². The second-order valence-corrected chi connectivity index (χ2v) is 5.81. The lowest BCUT2D eigenvalue weighted by Crippen LogP contribution is -2.20. The first kappa shape index (κ1) is 14.6. The molecule has 1 nitrogen and oxygen atoms in total. The number of benzene rings is 2. The van der Waals surface area contributed by atoms with E-state index in [2.05, 4.69) is 58.5 Å². The summed E-state index contributed by atoms with van der Waals surface area (Å²) in [7, 11) is 0. The Labute approximate surface area is 128 Å². The monoisotopic (exact) mass is 337 g/mol. The molecule has 0 bridgehead atoms. The van der Waals surface area contributed by atoms with Crippen LogP contribution < -0.4 is 5.32 Å². The van der Waals surface area contributed by atoms with Crippen molar-refractivity contribution in [2.75, 3.05) is 0 Å². The molecule has 0 amide bonds. The molecule has 0 radical (unpaired) electrons. The van der Waals surface area contributed by atoms with E-state index in [0.29, 0.717) is 6.04 Å². The lowest BCUT2D eigenvalue weighted by atomic mass is 10.0. The predicted molar refractivity (Wildman–Crippen MR) is 85.5 cm³/mol. The Bertz CT molecular complexity index is 528. The van der Waals surface area contributed by atoms with Crippen LogP contribution in [0.4, 0.5) is 0 Å². The third kappa shape index (κ3) is 4.07. The van der Waals surface area contributed by atoms with Crippen LogP contribution in [0.3, 0.4) is 0 Å². The van der Waals surface area contributed by atoms with Crippen LogP contribution in [0.2, 0.25) is 5.02 Å². The highest BCUT2D eigenvalue weighted by atomic mass is 79.9. The van der Waals surface area contributed by atoms with Gasteiger partial charge in [-0.25, -0.2) is 0 Å². The largest absolute Gasteiger partial charge is 0.306 e. The molecule has 2 rings (SSSR count). The average Bonchev–Trinajstić information content (AvgIpc) is 2.43. The molecule has 0 heterocycles. The molecule has 100 valence electrons. The second kappa shape index (κ2) is 7.09. The van der Waals surface area contributed by atoms with Crippen molar-refractivity contribution in [3.05, 3.63) is 69.2 Å². The standard InChI is InChI=1S/C16H17BrClN/c1-2-16(12-6-4-3-5-7-12)19-11-13-8-9-14(17)10-15(13)18/h3-10,16,19H,2,11H2,1H3. The maximum Gasteiger partial charge on any atom is 0.0462 e. The maximum absolute atomic E-state index is 6.23. The summed E-state index contributed by atoms with van der Waals surface area (Å²) in [6.07, 6.45) is 1.05. The van der Waals surface area contributed by atoms with Crippen molar-refractivity contribution in [1.29, 1.82) is 0 Å². The molecule has 0 spiro atoms. The van der Waals surface area contributed by atoms with E-state index in [1.165, 1.54) is 5.56 Å². The number of nitrogens with one attached hydrogen (secondary N) is 1. The highest BCUT2D eigenvalue weighted by molar-refractivity contribution is 9.10. The Balaban J connectivity index is 2.04. The Hall–Kier alpha value is -0.830. The minimum Gasteiger partial charge on any atom is -0.306 e. The van der Waals surface area contributed by atoms with Gasteiger partial charge in [0.2, 0.25) is 0 Å². The van der Waals surface area contributed by atoms with Gasteiger partial charge >= 0.3 is 0 Å². The minimum absolute atomic E-state index is 0.362. The molecule has 0 aromatic heterocycles. The zero-order chi connectivity index (χ0) is 13.7. The van der Waals surface area contributed by atoms with Gasteiger partial charge in [0.05, 0.1) is 0 Å². The highest BCUT2D eigenvalue weighted by Crippen LogP contribution is 2.23. The molecule has 2 aromatic rings. The van der Waals surface area contributed by atoms with Gasteiger partial charge in [-0.05, 0) is 29.7 Å². The summed E-state index contributed by atoms with van der Waals surface area (Å²) in [5.74, 6) is 0. The van der Waals surface area contributed by atoms with Crippen LogP contribution in [0.15, 0.2) is 53.0 Å². The quantitative estimate of drug-likeness (QED) is 0.775. The molecule has 19 heavy (non-hydrogen) atoms. The van der Waals surface area contributed by atoms with Crippen molar-refractivity contribution in [2.45, 2.75) is 25.9 Å². The van der Waals surface area contributed by atoms with Crippen LogP contribution in [0.1, 0.15) is 30.5 Å². The fourth-order valence-corrected chi connectivity index (χ4v) is 2.82. The van der Waals surface area contributed by atoms with Crippen LogP contribution in [0, 0.1) is 0 Å². The molecule has 0 saturated carbocycles. The fourth-order valence-electron chi connectivity index (χ4n) is 2.08. The van der Waals surface area contributed by atoms with Crippen LogP contribution in [-0.2, 0) is 6.54 Å². The Morgan fingerprint density at radius 2 is 1.89 bits per heavy atom. The molecule has 2 aromatic carbocycles. The van der Waals surface area contributed by atoms with Crippen LogP contribution in [0.25, 0.3) is 0 Å².